The molecule has 0 spiro atoms. The van der Waals surface area contributed by atoms with Gasteiger partial charge in [0.1, 0.15) is 18.2 Å². The zero-order valence-corrected chi connectivity index (χ0v) is 11.5. The van der Waals surface area contributed by atoms with Gasteiger partial charge in [-0.15, -0.1) is 0 Å². The minimum Gasteiger partial charge on any atom is -0.374 e. The van der Waals surface area contributed by atoms with E-state index in [4.69, 9.17) is 10.6 Å². The summed E-state index contributed by atoms with van der Waals surface area (Å²) in [4.78, 5) is 8.60. The van der Waals surface area contributed by atoms with Gasteiger partial charge in [0.15, 0.2) is 5.82 Å². The van der Waals surface area contributed by atoms with Crippen LogP contribution in [-0.4, -0.2) is 16.6 Å². The molecule has 0 amide bonds. The van der Waals surface area contributed by atoms with Gasteiger partial charge < -0.3 is 15.5 Å². The number of nitrogens with zero attached hydrogens (tertiary/aromatic N) is 2. The molecule has 0 aliphatic carbocycles. The normalized spacial score (nSPS) is 10.4. The van der Waals surface area contributed by atoms with Gasteiger partial charge in [0.05, 0.1) is 0 Å². The second-order valence-electron chi connectivity index (χ2n) is 3.82. The van der Waals surface area contributed by atoms with Crippen molar-refractivity contribution in [1.82, 2.24) is 9.97 Å². The Kier molecular flexibility index (Phi) is 5.08. The molecule has 0 bridgehead atoms. The average Bonchev–Trinajstić information content (AvgIpc) is 2.96. The highest BCUT2D eigenvalue weighted by atomic mass is 32.1. The molecule has 4 N–H and O–H groups in total. The van der Waals surface area contributed by atoms with Crippen LogP contribution in [0.2, 0.25) is 0 Å². The molecule has 0 saturated carbocycles. The predicted octanol–water partition coefficient (Wildman–Crippen LogP) is 1.97. The molecule has 0 unspecified atom stereocenters. The van der Waals surface area contributed by atoms with E-state index in [9.17, 15) is 0 Å². The Morgan fingerprint density at radius 3 is 2.89 bits per heavy atom. The fraction of sp³-hybridized carbons (Fsp3) is 0.333. The molecule has 0 saturated heterocycles. The molecule has 2 aromatic rings. The second-order valence-corrected chi connectivity index (χ2v) is 4.60. The number of aromatic nitrogens is 2. The summed E-state index contributed by atoms with van der Waals surface area (Å²) in [6.07, 6.45) is 0. The van der Waals surface area contributed by atoms with Crippen molar-refractivity contribution in [1.29, 1.82) is 0 Å². The smallest absolute Gasteiger partial charge is 0.158 e. The topological polar surface area (TPSA) is 85.1 Å². The molecule has 0 atom stereocenters. The van der Waals surface area contributed by atoms with Gasteiger partial charge in [0, 0.05) is 19.2 Å². The van der Waals surface area contributed by atoms with Crippen LogP contribution in [0.5, 0.6) is 0 Å². The number of thiophene rings is 1. The molecule has 2 heterocycles. The zero-order chi connectivity index (χ0) is 13.5. The van der Waals surface area contributed by atoms with Crippen LogP contribution in [0.15, 0.2) is 22.9 Å². The molecule has 2 rings (SSSR count). The lowest BCUT2D eigenvalue weighted by Gasteiger charge is -2.09. The number of anilines is 2. The third-order valence-corrected chi connectivity index (χ3v) is 3.14. The van der Waals surface area contributed by atoms with Gasteiger partial charge in [-0.25, -0.2) is 15.8 Å². The maximum absolute atomic E-state index is 5.40. The van der Waals surface area contributed by atoms with Crippen molar-refractivity contribution < 1.29 is 4.74 Å². The van der Waals surface area contributed by atoms with Gasteiger partial charge in [0.25, 0.3) is 0 Å². The van der Waals surface area contributed by atoms with Gasteiger partial charge in [-0.3, -0.25) is 0 Å². The van der Waals surface area contributed by atoms with Crippen molar-refractivity contribution in [3.05, 3.63) is 34.3 Å². The van der Waals surface area contributed by atoms with Crippen molar-refractivity contribution in [3.8, 4) is 0 Å². The first kappa shape index (κ1) is 13.7. The molecular formula is C12H17N5OS. The lowest BCUT2D eigenvalue weighted by molar-refractivity contribution is 0.128. The Balaban J connectivity index is 2.05. The van der Waals surface area contributed by atoms with Crippen molar-refractivity contribution in [3.63, 3.8) is 0 Å². The third kappa shape index (κ3) is 4.16. The Morgan fingerprint density at radius 1 is 1.37 bits per heavy atom. The highest BCUT2D eigenvalue weighted by Gasteiger charge is 2.04. The van der Waals surface area contributed by atoms with E-state index in [1.807, 2.05) is 12.3 Å². The minimum atomic E-state index is 0.374. The largest absolute Gasteiger partial charge is 0.374 e. The number of rotatable bonds is 7. The number of hydrogen-bond acceptors (Lipinski definition) is 7. The fourth-order valence-electron chi connectivity index (χ4n) is 1.51. The number of ether oxygens (including phenoxy) is 1. The maximum Gasteiger partial charge on any atom is 0.158 e. The highest BCUT2D eigenvalue weighted by Crippen LogP contribution is 2.13. The summed E-state index contributed by atoms with van der Waals surface area (Å²) in [7, 11) is 0. The van der Waals surface area contributed by atoms with Gasteiger partial charge in [-0.2, -0.15) is 11.3 Å². The summed E-state index contributed by atoms with van der Waals surface area (Å²) in [5, 5.41) is 7.38. The van der Waals surface area contributed by atoms with Crippen LogP contribution < -0.4 is 16.6 Å². The molecule has 102 valence electrons. The number of hydrazine groups is 1. The van der Waals surface area contributed by atoms with Gasteiger partial charge in [0.2, 0.25) is 0 Å². The van der Waals surface area contributed by atoms with Crippen molar-refractivity contribution in [2.75, 3.05) is 17.3 Å². The minimum absolute atomic E-state index is 0.374. The zero-order valence-electron chi connectivity index (χ0n) is 10.7. The average molecular weight is 279 g/mol. The fourth-order valence-corrected chi connectivity index (χ4v) is 2.17. The maximum atomic E-state index is 5.40. The van der Waals surface area contributed by atoms with Gasteiger partial charge >= 0.3 is 0 Å². The first-order valence-electron chi connectivity index (χ1n) is 5.99. The van der Waals surface area contributed by atoms with Crippen molar-refractivity contribution in [2.45, 2.75) is 20.1 Å². The SMILES string of the molecule is CCOCc1nc(NN)cc(NCc2ccsc2)n1. The van der Waals surface area contributed by atoms with Crippen LogP contribution in [-0.2, 0) is 17.9 Å². The molecule has 19 heavy (non-hydrogen) atoms. The summed E-state index contributed by atoms with van der Waals surface area (Å²) < 4.78 is 5.30. The molecule has 0 aliphatic heterocycles. The van der Waals surface area contributed by atoms with Gasteiger partial charge in [-0.1, -0.05) is 0 Å². The van der Waals surface area contributed by atoms with Gasteiger partial charge in [-0.05, 0) is 29.3 Å². The number of nitrogen functional groups attached to an aromatic ring is 1. The summed E-state index contributed by atoms with van der Waals surface area (Å²) in [6, 6.07) is 3.84. The van der Waals surface area contributed by atoms with Crippen LogP contribution in [0.1, 0.15) is 18.3 Å². The van der Waals surface area contributed by atoms with E-state index >= 15 is 0 Å². The summed E-state index contributed by atoms with van der Waals surface area (Å²) >= 11 is 1.67. The van der Waals surface area contributed by atoms with Crippen molar-refractivity contribution in [2.24, 2.45) is 5.84 Å². The van der Waals surface area contributed by atoms with E-state index in [1.54, 1.807) is 17.4 Å². The van der Waals surface area contributed by atoms with E-state index in [-0.39, 0.29) is 0 Å². The standard InChI is InChI=1S/C12H17N5OS/c1-2-18-7-12-15-10(5-11(16-12)17-13)14-6-9-3-4-19-8-9/h3-5,8H,2,6-7,13H2,1H3,(H2,14,15,16,17). The molecule has 0 aliphatic rings. The first-order chi connectivity index (χ1) is 9.31. The Labute approximate surface area is 116 Å². The van der Waals surface area contributed by atoms with E-state index in [0.29, 0.717) is 24.9 Å². The number of nitrogens with two attached hydrogens (primary N) is 1. The molecule has 0 radical (unpaired) electrons. The van der Waals surface area contributed by atoms with Crippen LogP contribution in [0.25, 0.3) is 0 Å². The van der Waals surface area contributed by atoms with Crippen molar-refractivity contribution >= 4 is 23.0 Å². The van der Waals surface area contributed by atoms with Crippen LogP contribution >= 0.6 is 11.3 Å². The Morgan fingerprint density at radius 2 is 2.21 bits per heavy atom. The van der Waals surface area contributed by atoms with E-state index in [1.165, 1.54) is 5.56 Å². The number of hydrogen-bond donors (Lipinski definition) is 3. The highest BCUT2D eigenvalue weighted by molar-refractivity contribution is 7.07. The molecule has 6 nitrogen and oxygen atoms in total. The summed E-state index contributed by atoms with van der Waals surface area (Å²) in [5.74, 6) is 7.29. The van der Waals surface area contributed by atoms with E-state index in [0.717, 1.165) is 12.4 Å². The van der Waals surface area contributed by atoms with Crippen LogP contribution in [0, 0.1) is 0 Å². The Bertz CT molecular complexity index is 503. The molecule has 0 fully saturated rings. The molecule has 0 aromatic carbocycles. The molecule has 7 heteroatoms. The summed E-state index contributed by atoms with van der Waals surface area (Å²) in [5.41, 5.74) is 3.75. The monoisotopic (exact) mass is 279 g/mol. The van der Waals surface area contributed by atoms with Crippen LogP contribution in [0.4, 0.5) is 11.6 Å². The molecular weight excluding hydrogens is 262 g/mol. The lowest BCUT2D eigenvalue weighted by atomic mass is 10.3. The lowest BCUT2D eigenvalue weighted by Crippen LogP contribution is -2.12. The summed E-state index contributed by atoms with van der Waals surface area (Å²) in [6.45, 7) is 3.65. The quantitative estimate of drug-likeness (QED) is 0.531. The number of nitrogens with one attached hydrogen (secondary N) is 2. The van der Waals surface area contributed by atoms with Crippen LogP contribution in [0.3, 0.4) is 0 Å². The van der Waals surface area contributed by atoms with E-state index in [2.05, 4.69) is 32.2 Å². The van der Waals surface area contributed by atoms with E-state index < -0.39 is 0 Å². The predicted molar refractivity (Wildman–Crippen MR) is 76.8 cm³/mol. The second kappa shape index (κ2) is 7.03. The molecule has 2 aromatic heterocycles. The first-order valence-corrected chi connectivity index (χ1v) is 6.93. The third-order valence-electron chi connectivity index (χ3n) is 2.41. The Hall–Kier alpha value is -1.70.